The highest BCUT2D eigenvalue weighted by atomic mass is 16.6. The summed E-state index contributed by atoms with van der Waals surface area (Å²) in [6.45, 7) is 4.78. The van der Waals surface area contributed by atoms with E-state index in [-0.39, 0.29) is 36.2 Å². The van der Waals surface area contributed by atoms with Crippen LogP contribution in [0.3, 0.4) is 0 Å². The Balaban J connectivity index is 4.18. The Hall–Kier alpha value is -2.19. The molecule has 0 radical (unpaired) electrons. The number of carboxylic acids is 1. The summed E-state index contributed by atoms with van der Waals surface area (Å²) in [6.07, 6.45) is 58.1. The molecule has 0 aromatic heterocycles. The number of likely N-dealkylation sites (N-methyl/N-ethyl adjacent to an activating group) is 1. The maximum atomic E-state index is 12.8. The quantitative estimate of drug-likeness (QED) is 0.0281. The molecule has 0 saturated heterocycles. The van der Waals surface area contributed by atoms with Crippen molar-refractivity contribution in [2.24, 2.45) is 0 Å². The van der Waals surface area contributed by atoms with Crippen LogP contribution in [0, 0.1) is 0 Å². The third kappa shape index (κ3) is 46.9. The monoisotopic (exact) mass is 933 g/mol. The van der Waals surface area contributed by atoms with Gasteiger partial charge in [-0.2, -0.15) is 0 Å². The smallest absolute Gasteiger partial charge is 0.362 e. The minimum absolute atomic E-state index is 0.0511. The van der Waals surface area contributed by atoms with Crippen molar-refractivity contribution in [3.8, 4) is 0 Å². The number of allylic oxidation sites excluding steroid dienone is 4. The molecule has 0 aromatic rings. The maximum Gasteiger partial charge on any atom is 0.362 e. The van der Waals surface area contributed by atoms with E-state index in [1.165, 1.54) is 205 Å². The third-order valence-corrected chi connectivity index (χ3v) is 13.1. The minimum atomic E-state index is -0.872. The highest BCUT2D eigenvalue weighted by Gasteiger charge is 2.31. The summed E-state index contributed by atoms with van der Waals surface area (Å²) in [5.74, 6) is -1.46. The van der Waals surface area contributed by atoms with Crippen LogP contribution in [0.5, 0.6) is 0 Å². The van der Waals surface area contributed by atoms with Crippen LogP contribution in [0.1, 0.15) is 277 Å². The fourth-order valence-corrected chi connectivity index (χ4v) is 8.67. The van der Waals surface area contributed by atoms with Gasteiger partial charge in [-0.05, 0) is 64.2 Å². The topological polar surface area (TPSA) is 99.1 Å². The Morgan fingerprint density at radius 3 is 1.09 bits per heavy atom. The van der Waals surface area contributed by atoms with Gasteiger partial charge in [0.2, 0.25) is 0 Å². The summed E-state index contributed by atoms with van der Waals surface area (Å²) in [5, 5.41) is 9.67. The fraction of sp³-hybridized carbons (Fsp3) is 0.879. The summed E-state index contributed by atoms with van der Waals surface area (Å²) < 4.78 is 17.4. The van der Waals surface area contributed by atoms with E-state index in [0.29, 0.717) is 19.3 Å². The summed E-state index contributed by atoms with van der Waals surface area (Å²) in [4.78, 5) is 37.3. The molecule has 2 unspecified atom stereocenters. The van der Waals surface area contributed by atoms with Gasteiger partial charge in [0, 0.05) is 19.3 Å². The third-order valence-electron chi connectivity index (χ3n) is 13.1. The van der Waals surface area contributed by atoms with Gasteiger partial charge in [-0.15, -0.1) is 0 Å². The van der Waals surface area contributed by atoms with E-state index in [4.69, 9.17) is 14.2 Å². The van der Waals surface area contributed by atoms with E-state index in [1.807, 2.05) is 21.1 Å². The second-order valence-corrected chi connectivity index (χ2v) is 20.5. The van der Waals surface area contributed by atoms with E-state index < -0.39 is 18.1 Å². The van der Waals surface area contributed by atoms with Crippen LogP contribution in [0.25, 0.3) is 0 Å². The molecule has 0 aliphatic rings. The minimum Gasteiger partial charge on any atom is -0.477 e. The van der Waals surface area contributed by atoms with Gasteiger partial charge in [0.25, 0.3) is 0 Å². The van der Waals surface area contributed by atoms with Crippen molar-refractivity contribution < 1.29 is 38.2 Å². The summed E-state index contributed by atoms with van der Waals surface area (Å²) >= 11 is 0. The molecule has 2 atom stereocenters. The van der Waals surface area contributed by atoms with Gasteiger partial charge >= 0.3 is 17.9 Å². The first-order valence-corrected chi connectivity index (χ1v) is 28.4. The molecule has 8 nitrogen and oxygen atoms in total. The second-order valence-electron chi connectivity index (χ2n) is 20.5. The Morgan fingerprint density at radius 1 is 0.439 bits per heavy atom. The Bertz CT molecular complexity index is 1130. The normalized spacial score (nSPS) is 12.9. The van der Waals surface area contributed by atoms with Gasteiger partial charge in [-0.3, -0.25) is 9.59 Å². The molecule has 1 N–H and O–H groups in total. The molecule has 0 aliphatic heterocycles. The molecule has 66 heavy (non-hydrogen) atoms. The molecule has 388 valence electrons. The second kappa shape index (κ2) is 49.2. The Labute approximate surface area is 409 Å². The number of unbranched alkanes of at least 4 members (excludes halogenated alkanes) is 34. The summed E-state index contributed by atoms with van der Waals surface area (Å²) in [7, 11) is 5.55. The molecule has 0 aromatic carbocycles. The van der Waals surface area contributed by atoms with Gasteiger partial charge in [0.15, 0.2) is 12.1 Å². The lowest BCUT2D eigenvalue weighted by Crippen LogP contribution is -2.50. The van der Waals surface area contributed by atoms with Crippen LogP contribution in [-0.4, -0.2) is 80.6 Å². The molecule has 0 amide bonds. The Kier molecular flexibility index (Phi) is 47.6. The molecule has 0 saturated carbocycles. The predicted molar refractivity (Wildman–Crippen MR) is 280 cm³/mol. The molecule has 0 heterocycles. The van der Waals surface area contributed by atoms with Crippen molar-refractivity contribution in [3.05, 3.63) is 24.3 Å². The zero-order valence-corrected chi connectivity index (χ0v) is 44.4. The van der Waals surface area contributed by atoms with Crippen molar-refractivity contribution in [3.63, 3.8) is 0 Å². The average Bonchev–Trinajstić information content (AvgIpc) is 3.28. The first-order valence-electron chi connectivity index (χ1n) is 28.4. The number of carbonyl (C=O) groups excluding carboxylic acids is 2. The number of esters is 2. The molecule has 0 fully saturated rings. The van der Waals surface area contributed by atoms with Crippen molar-refractivity contribution in [2.75, 3.05) is 41.0 Å². The highest BCUT2D eigenvalue weighted by molar-refractivity contribution is 5.72. The van der Waals surface area contributed by atoms with Crippen LogP contribution >= 0.6 is 0 Å². The lowest BCUT2D eigenvalue weighted by atomic mass is 10.1. The van der Waals surface area contributed by atoms with E-state index in [9.17, 15) is 19.5 Å². The number of aliphatic carboxylic acids is 1. The van der Waals surface area contributed by atoms with E-state index >= 15 is 0 Å². The molecule has 0 aliphatic carbocycles. The van der Waals surface area contributed by atoms with Crippen LogP contribution < -0.4 is 0 Å². The largest absolute Gasteiger partial charge is 0.477 e. The van der Waals surface area contributed by atoms with Gasteiger partial charge in [-0.25, -0.2) is 4.79 Å². The zero-order valence-electron chi connectivity index (χ0n) is 44.4. The van der Waals surface area contributed by atoms with E-state index in [2.05, 4.69) is 38.2 Å². The summed E-state index contributed by atoms with van der Waals surface area (Å²) in [6, 6.07) is -0.615. The standard InChI is InChI=1S/C58H109NO7/c1-6-8-10-12-14-16-18-20-22-24-26-28-30-32-34-36-38-40-42-44-46-48-56(60)65-53-54(52-64-51-50-55(58(62)63)59(3,4)5)66-57(61)49-47-45-43-41-39-37-35-33-31-29-27-25-23-21-19-17-15-13-11-9-7-2/h28-31,54-55H,6-27,32-53H2,1-5H3/p+1/b30-28+,31-29+. The van der Waals surface area contributed by atoms with Crippen LogP contribution in [-0.2, 0) is 28.6 Å². The number of nitrogens with zero attached hydrogens (tertiary/aromatic N) is 1. The highest BCUT2D eigenvalue weighted by Crippen LogP contribution is 2.16. The molecule has 8 heteroatoms. The predicted octanol–water partition coefficient (Wildman–Crippen LogP) is 16.8. The maximum absolute atomic E-state index is 12.8. The van der Waals surface area contributed by atoms with Crippen LogP contribution in [0.4, 0.5) is 0 Å². The SMILES string of the molecule is CCCCCCCCCCCC/C=C/CCCCCCCCCC(=O)OCC(COCCC(C(=O)O)[N+](C)(C)C)OC(=O)CCCCCCCCC/C=C/CCCCCCCCCCCC. The first-order chi connectivity index (χ1) is 32.1. The molecule has 0 spiro atoms. The van der Waals surface area contributed by atoms with Gasteiger partial charge in [0.1, 0.15) is 6.61 Å². The van der Waals surface area contributed by atoms with Crippen LogP contribution in [0.2, 0.25) is 0 Å². The lowest BCUT2D eigenvalue weighted by Gasteiger charge is -2.31. The van der Waals surface area contributed by atoms with Gasteiger partial charge in [0.05, 0.1) is 34.4 Å². The molecule has 0 rings (SSSR count). The van der Waals surface area contributed by atoms with Crippen molar-refractivity contribution in [1.82, 2.24) is 0 Å². The zero-order chi connectivity index (χ0) is 48.4. The number of rotatable bonds is 52. The first kappa shape index (κ1) is 63.8. The number of carboxylic acid groups (broad SMARTS) is 1. The van der Waals surface area contributed by atoms with Crippen molar-refractivity contribution >= 4 is 17.9 Å². The number of carbonyl (C=O) groups is 3. The lowest BCUT2D eigenvalue weighted by molar-refractivity contribution is -0.887. The molecular formula is C58H110NO7+. The summed E-state index contributed by atoms with van der Waals surface area (Å²) in [5.41, 5.74) is 0. The van der Waals surface area contributed by atoms with Crippen molar-refractivity contribution in [1.29, 1.82) is 0 Å². The van der Waals surface area contributed by atoms with Crippen molar-refractivity contribution in [2.45, 2.75) is 289 Å². The number of hydrogen-bond donors (Lipinski definition) is 1. The fourth-order valence-electron chi connectivity index (χ4n) is 8.67. The Morgan fingerprint density at radius 2 is 0.758 bits per heavy atom. The van der Waals surface area contributed by atoms with Gasteiger partial charge < -0.3 is 23.8 Å². The number of quaternary nitrogens is 1. The molecule has 0 bridgehead atoms. The molecular weight excluding hydrogens is 823 g/mol. The number of ether oxygens (including phenoxy) is 3. The average molecular weight is 934 g/mol. The number of hydrogen-bond acceptors (Lipinski definition) is 6. The van der Waals surface area contributed by atoms with E-state index in [0.717, 1.165) is 38.5 Å². The van der Waals surface area contributed by atoms with E-state index in [1.54, 1.807) is 0 Å². The van der Waals surface area contributed by atoms with Crippen LogP contribution in [0.15, 0.2) is 24.3 Å². The van der Waals surface area contributed by atoms with Gasteiger partial charge in [-0.1, -0.05) is 218 Å².